The van der Waals surface area contributed by atoms with Crippen molar-refractivity contribution in [2.45, 2.75) is 92.1 Å². The van der Waals surface area contributed by atoms with Gasteiger partial charge in [-0.15, -0.1) is 0 Å². The molecule has 0 aromatic rings. The summed E-state index contributed by atoms with van der Waals surface area (Å²) in [5.41, 5.74) is 0. The third-order valence-electron chi connectivity index (χ3n) is 6.09. The number of ether oxygens (including phenoxy) is 5. The van der Waals surface area contributed by atoms with Gasteiger partial charge in [0.15, 0.2) is 18.9 Å². The Morgan fingerprint density at radius 3 is 1.50 bits per heavy atom. The monoisotopic (exact) mass is 504 g/mol. The van der Waals surface area contributed by atoms with E-state index in [0.717, 1.165) is 0 Å². The van der Waals surface area contributed by atoms with Gasteiger partial charge in [0, 0.05) is 0 Å². The van der Waals surface area contributed by atoms with E-state index >= 15 is 0 Å². The maximum absolute atomic E-state index is 10.8. The Kier molecular flexibility index (Phi) is 9.54. The molecule has 3 rings (SSSR count). The van der Waals surface area contributed by atoms with E-state index in [2.05, 4.69) is 0 Å². The summed E-state index contributed by atoms with van der Waals surface area (Å²) in [6, 6.07) is 0. The van der Waals surface area contributed by atoms with Gasteiger partial charge in [-0.05, 0) is 0 Å². The second-order valence-corrected chi connectivity index (χ2v) is 8.33. The van der Waals surface area contributed by atoms with Crippen LogP contribution in [0.1, 0.15) is 0 Å². The lowest BCUT2D eigenvalue weighted by molar-refractivity contribution is -0.378. The molecule has 16 nitrogen and oxygen atoms in total. The minimum atomic E-state index is -1.90. The summed E-state index contributed by atoms with van der Waals surface area (Å²) in [7, 11) is 0. The summed E-state index contributed by atoms with van der Waals surface area (Å²) in [5.74, 6) is 0. The van der Waals surface area contributed by atoms with Crippen LogP contribution in [0.4, 0.5) is 0 Å². The van der Waals surface area contributed by atoms with E-state index in [1.54, 1.807) is 0 Å². The van der Waals surface area contributed by atoms with Gasteiger partial charge in [-0.25, -0.2) is 0 Å². The second-order valence-electron chi connectivity index (χ2n) is 8.33. The first kappa shape index (κ1) is 27.9. The minimum absolute atomic E-state index is 0.759. The fourth-order valence-corrected chi connectivity index (χ4v) is 4.05. The molecule has 3 fully saturated rings. The van der Waals surface area contributed by atoms with Crippen LogP contribution in [-0.2, 0) is 23.7 Å². The molecule has 3 heterocycles. The zero-order valence-corrected chi connectivity index (χ0v) is 17.7. The normalized spacial score (nSPS) is 52.5. The highest BCUT2D eigenvalue weighted by Crippen LogP contribution is 2.32. The predicted octanol–water partition coefficient (Wildman–Crippen LogP) is -7.57. The van der Waals surface area contributed by atoms with E-state index in [4.69, 9.17) is 23.7 Å². The number of rotatable bonds is 7. The van der Waals surface area contributed by atoms with Crippen molar-refractivity contribution in [3.63, 3.8) is 0 Å². The molecule has 11 N–H and O–H groups in total. The van der Waals surface area contributed by atoms with E-state index in [9.17, 15) is 56.2 Å². The van der Waals surface area contributed by atoms with Crippen LogP contribution < -0.4 is 0 Å². The molecule has 0 saturated carbocycles. The predicted molar refractivity (Wildman–Crippen MR) is 101 cm³/mol. The van der Waals surface area contributed by atoms with Crippen LogP contribution in [0, 0.1) is 0 Å². The number of aliphatic hydroxyl groups is 11. The fraction of sp³-hybridized carbons (Fsp3) is 1.00. The third kappa shape index (κ3) is 5.37. The standard InChI is InChI=1S/C18H32O16/c19-1-4-7(22)9(24)12(27)17(31-4)34-15-8(23)5(2-20)32-18(13(15)28)33-14-6(3-21)30-16(29)11(26)10(14)25/h4-29H,1-3H2/t4-,5-,6-,7-,8+,9+,10-,11-,12-,13-,14+,15+,16-,17+,18-/m1/s1. The minimum Gasteiger partial charge on any atom is -0.394 e. The van der Waals surface area contributed by atoms with Crippen molar-refractivity contribution in [1.82, 2.24) is 0 Å². The Labute approximate surface area is 192 Å². The first-order chi connectivity index (χ1) is 16.0. The summed E-state index contributed by atoms with van der Waals surface area (Å²) >= 11 is 0. The highest BCUT2D eigenvalue weighted by atomic mass is 16.7. The molecule has 15 atom stereocenters. The van der Waals surface area contributed by atoms with Crippen LogP contribution in [-0.4, -0.2) is 168 Å². The summed E-state index contributed by atoms with van der Waals surface area (Å²) in [6.45, 7) is -2.34. The number of hydrogen-bond acceptors (Lipinski definition) is 16. The van der Waals surface area contributed by atoms with E-state index in [1.165, 1.54) is 0 Å². The maximum atomic E-state index is 10.8. The van der Waals surface area contributed by atoms with Gasteiger partial charge in [0.1, 0.15) is 73.2 Å². The van der Waals surface area contributed by atoms with Gasteiger partial charge >= 0.3 is 0 Å². The lowest BCUT2D eigenvalue weighted by Crippen LogP contribution is -2.66. The average molecular weight is 504 g/mol. The molecular formula is C18H32O16. The summed E-state index contributed by atoms with van der Waals surface area (Å²) < 4.78 is 26.4. The number of hydrogen-bond donors (Lipinski definition) is 11. The second kappa shape index (κ2) is 11.6. The van der Waals surface area contributed by atoms with Crippen molar-refractivity contribution in [2.24, 2.45) is 0 Å². The molecule has 0 bridgehead atoms. The van der Waals surface area contributed by atoms with Gasteiger partial charge in [-0.2, -0.15) is 0 Å². The van der Waals surface area contributed by atoms with Gasteiger partial charge in [0.25, 0.3) is 0 Å². The zero-order chi connectivity index (χ0) is 25.3. The molecule has 0 radical (unpaired) electrons. The van der Waals surface area contributed by atoms with Gasteiger partial charge in [-0.1, -0.05) is 0 Å². The van der Waals surface area contributed by atoms with Crippen molar-refractivity contribution >= 4 is 0 Å². The van der Waals surface area contributed by atoms with Gasteiger partial charge < -0.3 is 79.9 Å². The van der Waals surface area contributed by atoms with Crippen LogP contribution >= 0.6 is 0 Å². The van der Waals surface area contributed by atoms with E-state index in [1.807, 2.05) is 0 Å². The lowest BCUT2D eigenvalue weighted by atomic mass is 9.96. The highest BCUT2D eigenvalue weighted by molar-refractivity contribution is 4.96. The Morgan fingerprint density at radius 1 is 0.441 bits per heavy atom. The molecule has 0 aromatic heterocycles. The van der Waals surface area contributed by atoms with Crippen molar-refractivity contribution < 1.29 is 79.9 Å². The summed E-state index contributed by atoms with van der Waals surface area (Å²) in [5, 5.41) is 109. The highest BCUT2D eigenvalue weighted by Gasteiger charge is 2.53. The number of aliphatic hydroxyl groups excluding tert-OH is 11. The lowest BCUT2D eigenvalue weighted by Gasteiger charge is -2.47. The molecule has 0 amide bonds. The molecule has 0 unspecified atom stereocenters. The van der Waals surface area contributed by atoms with Crippen LogP contribution in [0.3, 0.4) is 0 Å². The molecule has 3 saturated heterocycles. The molecule has 0 aliphatic carbocycles. The quantitative estimate of drug-likeness (QED) is 0.154. The van der Waals surface area contributed by atoms with Crippen molar-refractivity contribution in [3.8, 4) is 0 Å². The van der Waals surface area contributed by atoms with Crippen LogP contribution in [0.25, 0.3) is 0 Å². The van der Waals surface area contributed by atoms with Crippen molar-refractivity contribution in [2.75, 3.05) is 19.8 Å². The molecule has 3 aliphatic rings. The van der Waals surface area contributed by atoms with E-state index < -0.39 is 112 Å². The maximum Gasteiger partial charge on any atom is 0.187 e. The first-order valence-electron chi connectivity index (χ1n) is 10.6. The van der Waals surface area contributed by atoms with Gasteiger partial charge in [0.05, 0.1) is 19.8 Å². The Morgan fingerprint density at radius 2 is 0.941 bits per heavy atom. The molecule has 200 valence electrons. The van der Waals surface area contributed by atoms with E-state index in [-0.39, 0.29) is 0 Å². The van der Waals surface area contributed by atoms with Crippen molar-refractivity contribution in [1.29, 1.82) is 0 Å². The topological polar surface area (TPSA) is 269 Å². The molecular weight excluding hydrogens is 472 g/mol. The fourth-order valence-electron chi connectivity index (χ4n) is 4.05. The van der Waals surface area contributed by atoms with Crippen LogP contribution in [0.5, 0.6) is 0 Å². The average Bonchev–Trinajstić information content (AvgIpc) is 2.83. The largest absolute Gasteiger partial charge is 0.394 e. The Hall–Kier alpha value is -0.640. The molecule has 16 heteroatoms. The molecule has 3 aliphatic heterocycles. The van der Waals surface area contributed by atoms with Crippen LogP contribution in [0.2, 0.25) is 0 Å². The summed E-state index contributed by atoms with van der Waals surface area (Å²) in [6.07, 6.45) is -25.4. The van der Waals surface area contributed by atoms with Gasteiger partial charge in [0.2, 0.25) is 0 Å². The molecule has 0 aromatic carbocycles. The van der Waals surface area contributed by atoms with Gasteiger partial charge in [-0.3, -0.25) is 0 Å². The molecule has 34 heavy (non-hydrogen) atoms. The zero-order valence-electron chi connectivity index (χ0n) is 17.7. The third-order valence-corrected chi connectivity index (χ3v) is 6.09. The van der Waals surface area contributed by atoms with E-state index in [0.29, 0.717) is 0 Å². The SMILES string of the molecule is OC[C@H]1O[C@H](O[C@@H]2[C@H](O)[C@@H](O)[C@H](O)O[C@@H]2CO)[C@H](O)[C@@H](O[C@@H]2O[C@H](CO)[C@@H](O)[C@H](O)[C@H]2O)[C@H]1O. The summed E-state index contributed by atoms with van der Waals surface area (Å²) in [4.78, 5) is 0. The first-order valence-corrected chi connectivity index (χ1v) is 10.6. The Bertz CT molecular complexity index is 637. The van der Waals surface area contributed by atoms with Crippen LogP contribution in [0.15, 0.2) is 0 Å². The molecule has 0 spiro atoms. The van der Waals surface area contributed by atoms with Crippen molar-refractivity contribution in [3.05, 3.63) is 0 Å². The smallest absolute Gasteiger partial charge is 0.187 e. The Balaban J connectivity index is 1.78.